The summed E-state index contributed by atoms with van der Waals surface area (Å²) in [6, 6.07) is 3.08. The zero-order valence-corrected chi connectivity index (χ0v) is 14.5. The van der Waals surface area contributed by atoms with Gasteiger partial charge in [0, 0.05) is 31.8 Å². The molecule has 1 atom stereocenters. The number of piperidine rings is 1. The number of urea groups is 1. The number of carbonyl (C=O) groups is 1. The molecule has 6 nitrogen and oxygen atoms in total. The van der Waals surface area contributed by atoms with Crippen molar-refractivity contribution < 1.29 is 19.0 Å². The number of methoxy groups -OCH3 is 2. The van der Waals surface area contributed by atoms with Gasteiger partial charge in [0.15, 0.2) is 11.5 Å². The lowest BCUT2D eigenvalue weighted by Crippen LogP contribution is -2.45. The largest absolute Gasteiger partial charge is 0.493 e. The molecule has 0 aliphatic carbocycles. The zero-order valence-electron chi connectivity index (χ0n) is 13.7. The van der Waals surface area contributed by atoms with E-state index in [4.69, 9.17) is 25.8 Å². The van der Waals surface area contributed by atoms with Gasteiger partial charge in [-0.2, -0.15) is 0 Å². The Kier molecular flexibility index (Phi) is 6.36. The number of ether oxygens (including phenoxy) is 3. The Balaban J connectivity index is 2.07. The molecule has 0 bridgehead atoms. The third-order valence-electron chi connectivity index (χ3n) is 3.78. The highest BCUT2D eigenvalue weighted by molar-refractivity contribution is 6.34. The molecule has 128 valence electrons. The molecule has 1 aliphatic rings. The molecule has 1 saturated heterocycles. The molecule has 0 aromatic heterocycles. The molecule has 1 unspecified atom stereocenters. The summed E-state index contributed by atoms with van der Waals surface area (Å²) < 4.78 is 16.0. The smallest absolute Gasteiger partial charge is 0.321 e. The number of nitrogens with one attached hydrogen (secondary N) is 1. The number of carbonyl (C=O) groups excluding carboxylic acids is 1. The van der Waals surface area contributed by atoms with Crippen LogP contribution in [-0.2, 0) is 4.74 Å². The minimum atomic E-state index is -0.191. The number of likely N-dealkylation sites (tertiary alicyclic amines) is 1. The highest BCUT2D eigenvalue weighted by Gasteiger charge is 2.24. The van der Waals surface area contributed by atoms with E-state index >= 15 is 0 Å². The van der Waals surface area contributed by atoms with Crippen LogP contribution >= 0.6 is 11.6 Å². The van der Waals surface area contributed by atoms with Crippen LogP contribution in [0, 0.1) is 0 Å². The van der Waals surface area contributed by atoms with E-state index in [1.807, 2.05) is 6.92 Å². The fraction of sp³-hybridized carbons (Fsp3) is 0.562. The van der Waals surface area contributed by atoms with E-state index in [-0.39, 0.29) is 12.1 Å². The Morgan fingerprint density at radius 2 is 2.04 bits per heavy atom. The number of hydrogen-bond acceptors (Lipinski definition) is 4. The first-order chi connectivity index (χ1) is 11.1. The summed E-state index contributed by atoms with van der Waals surface area (Å²) in [5, 5.41) is 3.23. The molecule has 0 spiro atoms. The maximum atomic E-state index is 12.5. The molecular weight excluding hydrogens is 320 g/mol. The molecule has 1 fully saturated rings. The normalized spacial score (nSPS) is 17.7. The van der Waals surface area contributed by atoms with Gasteiger partial charge in [0.25, 0.3) is 0 Å². The van der Waals surface area contributed by atoms with E-state index < -0.39 is 0 Å². The number of nitrogens with zero attached hydrogens (tertiary/aromatic N) is 1. The summed E-state index contributed by atoms with van der Waals surface area (Å²) in [6.45, 7) is 3.91. The van der Waals surface area contributed by atoms with Gasteiger partial charge in [0.2, 0.25) is 0 Å². The first-order valence-electron chi connectivity index (χ1n) is 7.68. The number of hydrogen-bond donors (Lipinski definition) is 1. The third kappa shape index (κ3) is 4.42. The average Bonchev–Trinajstić information content (AvgIpc) is 2.56. The van der Waals surface area contributed by atoms with Gasteiger partial charge in [-0.15, -0.1) is 0 Å². The molecule has 1 heterocycles. The number of amides is 2. The number of anilines is 1. The molecule has 1 aliphatic heterocycles. The van der Waals surface area contributed by atoms with Gasteiger partial charge in [0.05, 0.1) is 31.0 Å². The van der Waals surface area contributed by atoms with E-state index in [0.29, 0.717) is 41.9 Å². The van der Waals surface area contributed by atoms with E-state index in [1.165, 1.54) is 14.2 Å². The maximum absolute atomic E-state index is 12.5. The number of halogens is 1. The molecule has 1 aromatic carbocycles. The van der Waals surface area contributed by atoms with Crippen LogP contribution in [0.1, 0.15) is 19.8 Å². The lowest BCUT2D eigenvalue weighted by atomic mass is 10.1. The van der Waals surface area contributed by atoms with Crippen LogP contribution in [0.4, 0.5) is 10.5 Å². The van der Waals surface area contributed by atoms with Crippen molar-refractivity contribution >= 4 is 23.3 Å². The van der Waals surface area contributed by atoms with Crippen LogP contribution in [0.3, 0.4) is 0 Å². The van der Waals surface area contributed by atoms with Crippen molar-refractivity contribution in [2.45, 2.75) is 25.9 Å². The van der Waals surface area contributed by atoms with Crippen molar-refractivity contribution in [3.8, 4) is 11.5 Å². The van der Waals surface area contributed by atoms with Gasteiger partial charge in [-0.05, 0) is 19.8 Å². The second kappa shape index (κ2) is 8.26. The van der Waals surface area contributed by atoms with E-state index in [2.05, 4.69) is 5.32 Å². The monoisotopic (exact) mass is 342 g/mol. The fourth-order valence-corrected chi connectivity index (χ4v) is 2.84. The summed E-state index contributed by atoms with van der Waals surface area (Å²) in [4.78, 5) is 14.2. The maximum Gasteiger partial charge on any atom is 0.321 e. The average molecular weight is 343 g/mol. The molecule has 0 radical (unpaired) electrons. The molecule has 1 N–H and O–H groups in total. The van der Waals surface area contributed by atoms with Gasteiger partial charge in [-0.1, -0.05) is 11.6 Å². The predicted octanol–water partition coefficient (Wildman–Crippen LogP) is 3.39. The Labute approximate surface area is 141 Å². The number of rotatable bonds is 5. The first-order valence-corrected chi connectivity index (χ1v) is 8.05. The Bertz CT molecular complexity index is 551. The van der Waals surface area contributed by atoms with Crippen LogP contribution in [0.5, 0.6) is 11.5 Å². The molecule has 2 rings (SSSR count). The molecule has 7 heteroatoms. The zero-order chi connectivity index (χ0) is 16.8. The fourth-order valence-electron chi connectivity index (χ4n) is 2.64. The van der Waals surface area contributed by atoms with Crippen molar-refractivity contribution in [3.05, 3.63) is 17.2 Å². The Hall–Kier alpha value is -1.66. The van der Waals surface area contributed by atoms with Crippen molar-refractivity contribution in [1.82, 2.24) is 4.90 Å². The molecule has 23 heavy (non-hydrogen) atoms. The van der Waals surface area contributed by atoms with E-state index in [0.717, 1.165) is 12.8 Å². The molecule has 0 saturated carbocycles. The van der Waals surface area contributed by atoms with Crippen LogP contribution in [0.25, 0.3) is 0 Å². The minimum Gasteiger partial charge on any atom is -0.493 e. The van der Waals surface area contributed by atoms with Crippen LogP contribution in [0.15, 0.2) is 12.1 Å². The molecule has 1 aromatic rings. The lowest BCUT2D eigenvalue weighted by molar-refractivity contribution is 0.0181. The highest BCUT2D eigenvalue weighted by atomic mass is 35.5. The topological polar surface area (TPSA) is 60.0 Å². The highest BCUT2D eigenvalue weighted by Crippen LogP contribution is 2.36. The van der Waals surface area contributed by atoms with Crippen molar-refractivity contribution in [3.63, 3.8) is 0 Å². The van der Waals surface area contributed by atoms with E-state index in [1.54, 1.807) is 17.0 Å². The standard InChI is InChI=1S/C16H23ClN2O4/c1-4-23-11-6-5-7-19(10-11)16(20)18-13-9-15(22-3)14(21-2)8-12(13)17/h8-9,11H,4-7,10H2,1-3H3,(H,18,20). The van der Waals surface area contributed by atoms with Gasteiger partial charge < -0.3 is 24.4 Å². The second-order valence-corrected chi connectivity index (χ2v) is 5.69. The first kappa shape index (κ1) is 17.7. The summed E-state index contributed by atoms with van der Waals surface area (Å²) >= 11 is 6.21. The second-order valence-electron chi connectivity index (χ2n) is 5.28. The Morgan fingerprint density at radius 1 is 1.35 bits per heavy atom. The van der Waals surface area contributed by atoms with Crippen LogP contribution in [0.2, 0.25) is 5.02 Å². The predicted molar refractivity (Wildman–Crippen MR) is 89.8 cm³/mol. The van der Waals surface area contributed by atoms with Gasteiger partial charge in [-0.3, -0.25) is 0 Å². The molecule has 2 amide bonds. The molecular formula is C16H23ClN2O4. The Morgan fingerprint density at radius 3 is 2.70 bits per heavy atom. The summed E-state index contributed by atoms with van der Waals surface area (Å²) in [5.74, 6) is 1.03. The minimum absolute atomic E-state index is 0.0976. The van der Waals surface area contributed by atoms with Gasteiger partial charge in [0.1, 0.15) is 0 Å². The van der Waals surface area contributed by atoms with Crippen molar-refractivity contribution in [2.75, 3.05) is 39.2 Å². The quantitative estimate of drug-likeness (QED) is 0.891. The summed E-state index contributed by atoms with van der Waals surface area (Å²) in [6.07, 6.45) is 2.01. The van der Waals surface area contributed by atoms with Crippen molar-refractivity contribution in [1.29, 1.82) is 0 Å². The summed E-state index contributed by atoms with van der Waals surface area (Å²) in [7, 11) is 3.07. The lowest BCUT2D eigenvalue weighted by Gasteiger charge is -2.32. The van der Waals surface area contributed by atoms with Gasteiger partial charge in [-0.25, -0.2) is 4.79 Å². The number of benzene rings is 1. The van der Waals surface area contributed by atoms with E-state index in [9.17, 15) is 4.79 Å². The summed E-state index contributed by atoms with van der Waals surface area (Å²) in [5.41, 5.74) is 0.493. The third-order valence-corrected chi connectivity index (χ3v) is 4.10. The van der Waals surface area contributed by atoms with Crippen LogP contribution < -0.4 is 14.8 Å². The van der Waals surface area contributed by atoms with Crippen molar-refractivity contribution in [2.24, 2.45) is 0 Å². The van der Waals surface area contributed by atoms with Crippen LogP contribution in [-0.4, -0.2) is 51.0 Å². The van der Waals surface area contributed by atoms with Gasteiger partial charge >= 0.3 is 6.03 Å². The SMILES string of the molecule is CCOC1CCCN(C(=O)Nc2cc(OC)c(OC)cc2Cl)C1.